The largest absolute Gasteiger partial charge is 0.497 e. The first-order valence-electron chi connectivity index (χ1n) is 10.7. The van der Waals surface area contributed by atoms with E-state index in [-0.39, 0.29) is 23.4 Å². The number of rotatable bonds is 7. The highest BCUT2D eigenvalue weighted by Crippen LogP contribution is 2.37. The minimum atomic E-state index is -3.99. The molecule has 2 aromatic rings. The maximum atomic E-state index is 12.9. The van der Waals surface area contributed by atoms with E-state index >= 15 is 0 Å². The van der Waals surface area contributed by atoms with Crippen LogP contribution in [-0.4, -0.2) is 67.1 Å². The van der Waals surface area contributed by atoms with E-state index in [1.165, 1.54) is 7.11 Å². The lowest BCUT2D eigenvalue weighted by molar-refractivity contribution is -0.152. The number of carbonyl (C=O) groups excluding carboxylic acids is 3. The van der Waals surface area contributed by atoms with Gasteiger partial charge in [-0.2, -0.15) is 0 Å². The van der Waals surface area contributed by atoms with Crippen molar-refractivity contribution in [3.63, 3.8) is 0 Å². The number of sulfone groups is 1. The predicted molar refractivity (Wildman–Crippen MR) is 124 cm³/mol. The van der Waals surface area contributed by atoms with Gasteiger partial charge in [-0.3, -0.25) is 14.5 Å². The second kappa shape index (κ2) is 9.51. The third kappa shape index (κ3) is 4.64. The lowest BCUT2D eigenvalue weighted by atomic mass is 10.0. The number of aliphatic hydroxyl groups is 1. The van der Waals surface area contributed by atoms with Gasteiger partial charge < -0.3 is 19.9 Å². The van der Waals surface area contributed by atoms with Gasteiger partial charge in [0.05, 0.1) is 19.5 Å². The van der Waals surface area contributed by atoms with Crippen molar-refractivity contribution in [2.24, 2.45) is 0 Å². The molecule has 1 fully saturated rings. The third-order valence-corrected chi connectivity index (χ3v) is 7.85. The zero-order chi connectivity index (χ0) is 25.3. The topological polar surface area (TPSA) is 139 Å². The fourth-order valence-corrected chi connectivity index (χ4v) is 6.02. The summed E-state index contributed by atoms with van der Waals surface area (Å²) in [6, 6.07) is 11.9. The van der Waals surface area contributed by atoms with Gasteiger partial charge in [-0.1, -0.05) is 29.8 Å². The Bertz CT molecular complexity index is 1300. The third-order valence-electron chi connectivity index (χ3n) is 5.88. The lowest BCUT2D eigenvalue weighted by Crippen LogP contribution is -2.74. The smallest absolute Gasteiger partial charge is 0.355 e. The second-order valence-electron chi connectivity index (χ2n) is 8.26. The van der Waals surface area contributed by atoms with Gasteiger partial charge in [-0.05, 0) is 36.8 Å². The molecule has 2 amide bonds. The monoisotopic (exact) mass is 500 g/mol. The zero-order valence-electron chi connectivity index (χ0n) is 19.1. The molecule has 2 aliphatic rings. The molecule has 35 heavy (non-hydrogen) atoms. The average molecular weight is 501 g/mol. The van der Waals surface area contributed by atoms with E-state index in [1.807, 2.05) is 6.92 Å². The number of methoxy groups -OCH3 is 1. The summed E-state index contributed by atoms with van der Waals surface area (Å²) in [6.07, 6.45) is 0. The Morgan fingerprint density at radius 3 is 2.37 bits per heavy atom. The van der Waals surface area contributed by atoms with E-state index in [2.05, 4.69) is 5.32 Å². The Hall–Kier alpha value is -3.70. The van der Waals surface area contributed by atoms with Crippen molar-refractivity contribution in [3.05, 3.63) is 76.5 Å². The summed E-state index contributed by atoms with van der Waals surface area (Å²) < 4.78 is 36.2. The molecule has 2 aromatic carbocycles. The number of aliphatic hydroxyl groups excluding tert-OH is 1. The van der Waals surface area contributed by atoms with Crippen LogP contribution in [0.25, 0.3) is 0 Å². The molecule has 0 saturated carbocycles. The summed E-state index contributed by atoms with van der Waals surface area (Å²) in [5.41, 5.74) is 1.38. The molecule has 10 nitrogen and oxygen atoms in total. The van der Waals surface area contributed by atoms with Crippen LogP contribution in [0.1, 0.15) is 21.5 Å². The van der Waals surface area contributed by atoms with Gasteiger partial charge >= 0.3 is 5.97 Å². The van der Waals surface area contributed by atoms with Gasteiger partial charge in [-0.25, -0.2) is 13.2 Å². The van der Waals surface area contributed by atoms with Crippen LogP contribution in [0, 0.1) is 6.92 Å². The predicted octanol–water partition coefficient (Wildman–Crippen LogP) is 0.689. The van der Waals surface area contributed by atoms with E-state index < -0.39 is 51.4 Å². The average Bonchev–Trinajstić information content (AvgIpc) is 2.85. The molecule has 11 heteroatoms. The number of benzene rings is 2. The highest BCUT2D eigenvalue weighted by Gasteiger charge is 2.60. The number of ether oxygens (including phenoxy) is 2. The van der Waals surface area contributed by atoms with Gasteiger partial charge in [0.15, 0.2) is 15.2 Å². The zero-order valence-corrected chi connectivity index (χ0v) is 19.9. The Labute approximate surface area is 202 Å². The number of esters is 1. The Morgan fingerprint density at radius 2 is 1.77 bits per heavy atom. The van der Waals surface area contributed by atoms with Crippen molar-refractivity contribution in [3.8, 4) is 5.75 Å². The Morgan fingerprint density at radius 1 is 1.11 bits per heavy atom. The highest BCUT2D eigenvalue weighted by atomic mass is 32.2. The van der Waals surface area contributed by atoms with E-state index in [1.54, 1.807) is 48.5 Å². The maximum Gasteiger partial charge on any atom is 0.355 e. The SMILES string of the molecule is COc1ccc(COC(=O)C2=C(CO)CS(=O)(=O)[C@H]3[C@@H](NC(=O)c4ccc(C)cc4)C(=O)N23)cc1. The van der Waals surface area contributed by atoms with E-state index in [4.69, 9.17) is 9.47 Å². The van der Waals surface area contributed by atoms with Crippen LogP contribution in [0.2, 0.25) is 0 Å². The van der Waals surface area contributed by atoms with E-state index in [0.29, 0.717) is 11.3 Å². The molecule has 2 aliphatic heterocycles. The first-order valence-corrected chi connectivity index (χ1v) is 12.4. The lowest BCUT2D eigenvalue weighted by Gasteiger charge is -2.49. The number of nitrogens with one attached hydrogen (secondary N) is 1. The maximum absolute atomic E-state index is 12.9. The Balaban J connectivity index is 1.54. The molecule has 0 aromatic heterocycles. The quantitative estimate of drug-likeness (QED) is 0.418. The van der Waals surface area contributed by atoms with Crippen LogP contribution in [0.15, 0.2) is 59.8 Å². The second-order valence-corrected chi connectivity index (χ2v) is 10.4. The molecule has 184 valence electrons. The van der Waals surface area contributed by atoms with Crippen LogP contribution >= 0.6 is 0 Å². The number of nitrogens with zero attached hydrogens (tertiary/aromatic N) is 1. The highest BCUT2D eigenvalue weighted by molar-refractivity contribution is 7.92. The molecule has 2 atom stereocenters. The van der Waals surface area contributed by atoms with Crippen LogP contribution in [-0.2, 0) is 30.8 Å². The van der Waals surface area contributed by atoms with Gasteiger partial charge in [0.1, 0.15) is 24.1 Å². The van der Waals surface area contributed by atoms with Crippen molar-refractivity contribution in [1.82, 2.24) is 10.2 Å². The number of carbonyl (C=O) groups is 3. The minimum Gasteiger partial charge on any atom is -0.497 e. The van der Waals surface area contributed by atoms with Crippen LogP contribution in [0.5, 0.6) is 5.75 Å². The van der Waals surface area contributed by atoms with Crippen molar-refractivity contribution in [2.45, 2.75) is 24.9 Å². The molecular formula is C24H24N2O8S. The summed E-state index contributed by atoms with van der Waals surface area (Å²) in [6.45, 7) is 0.963. The fourth-order valence-electron chi connectivity index (χ4n) is 4.00. The summed E-state index contributed by atoms with van der Waals surface area (Å²) in [7, 11) is -2.47. The molecule has 0 aliphatic carbocycles. The van der Waals surface area contributed by atoms with E-state index in [0.717, 1.165) is 10.5 Å². The molecule has 2 N–H and O–H groups in total. The summed E-state index contributed by atoms with van der Waals surface area (Å²) >= 11 is 0. The standard InChI is InChI=1S/C24H24N2O8S/c1-14-3-7-16(8-4-14)21(28)25-19-22(29)26-20(17(11-27)13-35(31,32)23(19)26)24(30)34-12-15-5-9-18(33-2)10-6-15/h3-10,19,23,27H,11-13H2,1-2H3,(H,25,28)/t19-,23-/m0/s1. The molecule has 0 radical (unpaired) electrons. The molecule has 4 rings (SSSR count). The fraction of sp³-hybridized carbons (Fsp3) is 0.292. The molecule has 0 bridgehead atoms. The van der Waals surface area contributed by atoms with Crippen molar-refractivity contribution < 1.29 is 37.4 Å². The van der Waals surface area contributed by atoms with Crippen molar-refractivity contribution in [1.29, 1.82) is 0 Å². The van der Waals surface area contributed by atoms with Crippen molar-refractivity contribution in [2.75, 3.05) is 19.5 Å². The van der Waals surface area contributed by atoms with E-state index in [9.17, 15) is 27.9 Å². The normalized spacial score (nSPS) is 20.5. The van der Waals surface area contributed by atoms with Gasteiger partial charge in [0.25, 0.3) is 11.8 Å². The molecule has 0 spiro atoms. The number of hydrogen-bond donors (Lipinski definition) is 2. The van der Waals surface area contributed by atoms with Crippen molar-refractivity contribution >= 4 is 27.6 Å². The van der Waals surface area contributed by atoms with Crippen LogP contribution in [0.3, 0.4) is 0 Å². The first kappa shape index (κ1) is 24.4. The first-order chi connectivity index (χ1) is 16.7. The summed E-state index contributed by atoms with van der Waals surface area (Å²) in [5, 5.41) is 10.7. The Kier molecular flexibility index (Phi) is 6.64. The molecule has 2 heterocycles. The summed E-state index contributed by atoms with van der Waals surface area (Å²) in [4.78, 5) is 39.2. The number of β-lactam (4-membered cyclic amide) rings is 1. The minimum absolute atomic E-state index is 0.141. The van der Waals surface area contributed by atoms with Gasteiger partial charge in [0, 0.05) is 11.1 Å². The van der Waals surface area contributed by atoms with Crippen LogP contribution < -0.4 is 10.1 Å². The molecular weight excluding hydrogens is 476 g/mol. The number of hydrogen-bond acceptors (Lipinski definition) is 8. The van der Waals surface area contributed by atoms with Gasteiger partial charge in [-0.15, -0.1) is 0 Å². The number of fused-ring (bicyclic) bond motifs is 1. The van der Waals surface area contributed by atoms with Crippen LogP contribution in [0.4, 0.5) is 0 Å². The van der Waals surface area contributed by atoms with Gasteiger partial charge in [0.2, 0.25) is 0 Å². The summed E-state index contributed by atoms with van der Waals surface area (Å²) in [5.74, 6) is -2.35. The number of aryl methyl sites for hydroxylation is 1. The number of amides is 2. The molecule has 0 unspecified atom stereocenters. The molecule has 1 saturated heterocycles.